The summed E-state index contributed by atoms with van der Waals surface area (Å²) in [5.41, 5.74) is 3.04. The van der Waals surface area contributed by atoms with Crippen LogP contribution in [0.3, 0.4) is 0 Å². The van der Waals surface area contributed by atoms with Crippen molar-refractivity contribution < 1.29 is 4.79 Å². The van der Waals surface area contributed by atoms with Gasteiger partial charge in [-0.05, 0) is 42.7 Å². The lowest BCUT2D eigenvalue weighted by molar-refractivity contribution is 0.256. The van der Waals surface area contributed by atoms with Gasteiger partial charge in [0.1, 0.15) is 5.00 Å². The van der Waals surface area contributed by atoms with Crippen LogP contribution in [-0.2, 0) is 13.0 Å². The molecule has 0 aliphatic rings. The molecular weight excluding hydrogens is 380 g/mol. The molecule has 0 spiro atoms. The van der Waals surface area contributed by atoms with E-state index in [0.717, 1.165) is 33.4 Å². The standard InChI is InChI=1S/C23H24N4OS/c1-16(2)12-21-25-17(3)22(29-21)27(15-19-9-7-8-18(13-19)14-24)23(28)26-20-10-5-4-6-11-20/h4-11,13,16H,12,15H2,1-3H3,(H,26,28). The number of nitrogens with zero attached hydrogens (tertiary/aromatic N) is 3. The Morgan fingerprint density at radius 3 is 2.66 bits per heavy atom. The first-order chi connectivity index (χ1) is 14.0. The van der Waals surface area contributed by atoms with Crippen LogP contribution in [0.2, 0.25) is 0 Å². The Hall–Kier alpha value is -3.17. The number of aromatic nitrogens is 1. The molecule has 0 aliphatic heterocycles. The maximum Gasteiger partial charge on any atom is 0.327 e. The lowest BCUT2D eigenvalue weighted by atomic mass is 10.1. The van der Waals surface area contributed by atoms with Crippen molar-refractivity contribution >= 4 is 28.1 Å². The van der Waals surface area contributed by atoms with Crippen molar-refractivity contribution in [1.29, 1.82) is 5.26 Å². The Bertz CT molecular complexity index is 1020. The van der Waals surface area contributed by atoms with Crippen LogP contribution in [0.1, 0.15) is 35.7 Å². The number of urea groups is 1. The average Bonchev–Trinajstić information content (AvgIpc) is 3.06. The van der Waals surface area contributed by atoms with Gasteiger partial charge in [-0.25, -0.2) is 9.78 Å². The predicted octanol–water partition coefficient (Wildman–Crippen LogP) is 5.76. The molecule has 2 amide bonds. The zero-order chi connectivity index (χ0) is 20.8. The summed E-state index contributed by atoms with van der Waals surface area (Å²) in [4.78, 5) is 19.6. The molecule has 0 radical (unpaired) electrons. The molecule has 29 heavy (non-hydrogen) atoms. The molecule has 2 aromatic carbocycles. The summed E-state index contributed by atoms with van der Waals surface area (Å²) < 4.78 is 0. The maximum absolute atomic E-state index is 13.2. The summed E-state index contributed by atoms with van der Waals surface area (Å²) in [7, 11) is 0. The predicted molar refractivity (Wildman–Crippen MR) is 118 cm³/mol. The molecule has 0 atom stereocenters. The van der Waals surface area contributed by atoms with Crippen LogP contribution in [0, 0.1) is 24.2 Å². The van der Waals surface area contributed by atoms with E-state index in [4.69, 9.17) is 0 Å². The van der Waals surface area contributed by atoms with Gasteiger partial charge in [0, 0.05) is 12.1 Å². The van der Waals surface area contributed by atoms with Crippen molar-refractivity contribution in [2.24, 2.45) is 5.92 Å². The summed E-state index contributed by atoms with van der Waals surface area (Å²) in [5.74, 6) is 0.493. The summed E-state index contributed by atoms with van der Waals surface area (Å²) >= 11 is 1.55. The molecule has 0 unspecified atom stereocenters. The molecule has 0 saturated heterocycles. The zero-order valence-corrected chi connectivity index (χ0v) is 17.7. The number of amides is 2. The molecule has 0 bridgehead atoms. The van der Waals surface area contributed by atoms with Crippen LogP contribution in [0.15, 0.2) is 54.6 Å². The average molecular weight is 405 g/mol. The van der Waals surface area contributed by atoms with Crippen molar-refractivity contribution in [3.05, 3.63) is 76.4 Å². The summed E-state index contributed by atoms with van der Waals surface area (Å²) in [6.07, 6.45) is 0.879. The highest BCUT2D eigenvalue weighted by atomic mass is 32.1. The van der Waals surface area contributed by atoms with E-state index in [1.807, 2.05) is 55.5 Å². The van der Waals surface area contributed by atoms with Gasteiger partial charge < -0.3 is 5.32 Å². The van der Waals surface area contributed by atoms with Gasteiger partial charge in [-0.2, -0.15) is 5.26 Å². The number of thiazole rings is 1. The van der Waals surface area contributed by atoms with Crippen LogP contribution >= 0.6 is 11.3 Å². The van der Waals surface area contributed by atoms with Crippen LogP contribution in [0.5, 0.6) is 0 Å². The van der Waals surface area contributed by atoms with Gasteiger partial charge in [0.15, 0.2) is 0 Å². The Morgan fingerprint density at radius 1 is 1.21 bits per heavy atom. The third-order valence-corrected chi connectivity index (χ3v) is 5.51. The molecule has 3 aromatic rings. The van der Waals surface area contributed by atoms with Crippen molar-refractivity contribution in [3.63, 3.8) is 0 Å². The quantitative estimate of drug-likeness (QED) is 0.568. The lowest BCUT2D eigenvalue weighted by Gasteiger charge is -2.22. The highest BCUT2D eigenvalue weighted by Crippen LogP contribution is 2.31. The molecule has 6 heteroatoms. The van der Waals surface area contributed by atoms with Crippen LogP contribution in [-0.4, -0.2) is 11.0 Å². The normalized spacial score (nSPS) is 10.6. The number of nitriles is 1. The third-order valence-electron chi connectivity index (χ3n) is 4.31. The fourth-order valence-corrected chi connectivity index (χ4v) is 4.27. The summed E-state index contributed by atoms with van der Waals surface area (Å²) in [5, 5.41) is 14.0. The van der Waals surface area contributed by atoms with E-state index >= 15 is 0 Å². The molecule has 0 saturated carbocycles. The van der Waals surface area contributed by atoms with Crippen molar-refractivity contribution in [3.8, 4) is 6.07 Å². The molecule has 1 N–H and O–H groups in total. The molecule has 0 aliphatic carbocycles. The molecule has 1 heterocycles. The second kappa shape index (κ2) is 9.35. The Morgan fingerprint density at radius 2 is 1.97 bits per heavy atom. The number of para-hydroxylation sites is 1. The minimum atomic E-state index is -0.221. The first kappa shape index (κ1) is 20.6. The first-order valence-corrected chi connectivity index (χ1v) is 10.4. The molecule has 1 aromatic heterocycles. The van der Waals surface area contributed by atoms with E-state index in [1.165, 1.54) is 0 Å². The number of anilines is 2. The van der Waals surface area contributed by atoms with Crippen molar-refractivity contribution in [1.82, 2.24) is 4.98 Å². The second-order valence-electron chi connectivity index (χ2n) is 7.29. The van der Waals surface area contributed by atoms with E-state index < -0.39 is 0 Å². The van der Waals surface area contributed by atoms with E-state index in [1.54, 1.807) is 22.3 Å². The van der Waals surface area contributed by atoms with E-state index in [0.29, 0.717) is 18.0 Å². The Labute approximate surface area is 175 Å². The Kier molecular flexibility index (Phi) is 6.63. The lowest BCUT2D eigenvalue weighted by Crippen LogP contribution is -2.34. The highest BCUT2D eigenvalue weighted by Gasteiger charge is 2.22. The van der Waals surface area contributed by atoms with Gasteiger partial charge in [-0.3, -0.25) is 4.90 Å². The molecule has 148 valence electrons. The Balaban J connectivity index is 1.93. The highest BCUT2D eigenvalue weighted by molar-refractivity contribution is 7.16. The number of carbonyl (C=O) groups excluding carboxylic acids is 1. The SMILES string of the molecule is Cc1nc(CC(C)C)sc1N(Cc1cccc(C#N)c1)C(=O)Nc1ccccc1. The number of hydrogen-bond acceptors (Lipinski definition) is 4. The number of carbonyl (C=O) groups is 1. The second-order valence-corrected chi connectivity index (χ2v) is 8.35. The van der Waals surface area contributed by atoms with Gasteiger partial charge in [0.2, 0.25) is 0 Å². The third kappa shape index (κ3) is 5.43. The van der Waals surface area contributed by atoms with Crippen molar-refractivity contribution in [2.45, 2.75) is 33.7 Å². The van der Waals surface area contributed by atoms with Crippen molar-refractivity contribution in [2.75, 3.05) is 10.2 Å². The summed E-state index contributed by atoms with van der Waals surface area (Å²) in [6.45, 7) is 6.61. The number of benzene rings is 2. The van der Waals surface area contributed by atoms with Gasteiger partial charge in [0.05, 0.1) is 28.9 Å². The minimum Gasteiger partial charge on any atom is -0.308 e. The van der Waals surface area contributed by atoms with Crippen LogP contribution in [0.25, 0.3) is 0 Å². The topological polar surface area (TPSA) is 69.0 Å². The minimum absolute atomic E-state index is 0.221. The maximum atomic E-state index is 13.2. The fraction of sp³-hybridized carbons (Fsp3) is 0.261. The van der Waals surface area contributed by atoms with Gasteiger partial charge in [-0.15, -0.1) is 11.3 Å². The largest absolute Gasteiger partial charge is 0.327 e. The number of hydrogen-bond donors (Lipinski definition) is 1. The fourth-order valence-electron chi connectivity index (χ4n) is 3.00. The molecule has 3 rings (SSSR count). The summed E-state index contributed by atoms with van der Waals surface area (Å²) in [6, 6.07) is 18.7. The molecular formula is C23H24N4OS. The van der Waals surface area contributed by atoms with Crippen LogP contribution < -0.4 is 10.2 Å². The number of nitrogens with one attached hydrogen (secondary N) is 1. The van der Waals surface area contributed by atoms with E-state index in [9.17, 15) is 10.1 Å². The first-order valence-electron chi connectivity index (χ1n) is 9.55. The smallest absolute Gasteiger partial charge is 0.308 e. The van der Waals surface area contributed by atoms with Gasteiger partial charge in [-0.1, -0.05) is 44.2 Å². The number of rotatable bonds is 6. The molecule has 0 fully saturated rings. The van der Waals surface area contributed by atoms with E-state index in [2.05, 4.69) is 30.2 Å². The van der Waals surface area contributed by atoms with E-state index in [-0.39, 0.29) is 6.03 Å². The zero-order valence-electron chi connectivity index (χ0n) is 16.8. The van der Waals surface area contributed by atoms with Gasteiger partial charge >= 0.3 is 6.03 Å². The monoisotopic (exact) mass is 404 g/mol. The van der Waals surface area contributed by atoms with Gasteiger partial charge in [0.25, 0.3) is 0 Å². The van der Waals surface area contributed by atoms with Crippen LogP contribution in [0.4, 0.5) is 15.5 Å². The molecule has 5 nitrogen and oxygen atoms in total. The number of aryl methyl sites for hydroxylation is 1.